The van der Waals surface area contributed by atoms with Crippen molar-refractivity contribution in [2.45, 2.75) is 6.92 Å². The summed E-state index contributed by atoms with van der Waals surface area (Å²) in [4.78, 5) is 11.1. The Morgan fingerprint density at radius 3 is 2.55 bits per heavy atom. The van der Waals surface area contributed by atoms with Crippen LogP contribution in [0.1, 0.15) is 6.92 Å². The SMILES string of the molecule is CNC(=O)[C@@H]1CNC[C@H]1C.Cl. The molecule has 0 radical (unpaired) electrons. The van der Waals surface area contributed by atoms with Gasteiger partial charge in [-0.3, -0.25) is 4.79 Å². The third-order valence-electron chi connectivity index (χ3n) is 2.10. The zero-order chi connectivity index (χ0) is 7.56. The van der Waals surface area contributed by atoms with E-state index in [0.29, 0.717) is 5.92 Å². The Morgan fingerprint density at radius 1 is 1.55 bits per heavy atom. The van der Waals surface area contributed by atoms with Gasteiger partial charge in [0.05, 0.1) is 5.92 Å². The Morgan fingerprint density at radius 2 is 2.18 bits per heavy atom. The Labute approximate surface area is 73.3 Å². The maximum atomic E-state index is 11.1. The van der Waals surface area contributed by atoms with E-state index in [-0.39, 0.29) is 24.2 Å². The molecule has 0 saturated carbocycles. The lowest BCUT2D eigenvalue weighted by Crippen LogP contribution is -2.31. The second-order valence-corrected chi connectivity index (χ2v) is 2.86. The first-order chi connectivity index (χ1) is 4.75. The summed E-state index contributed by atoms with van der Waals surface area (Å²) in [5.41, 5.74) is 0. The van der Waals surface area contributed by atoms with Crippen LogP contribution in [0.4, 0.5) is 0 Å². The monoisotopic (exact) mass is 178 g/mol. The van der Waals surface area contributed by atoms with Crippen molar-refractivity contribution in [3.63, 3.8) is 0 Å². The first-order valence-electron chi connectivity index (χ1n) is 3.68. The lowest BCUT2D eigenvalue weighted by molar-refractivity contribution is -0.124. The number of carbonyl (C=O) groups is 1. The van der Waals surface area contributed by atoms with Crippen molar-refractivity contribution in [1.29, 1.82) is 0 Å². The van der Waals surface area contributed by atoms with Gasteiger partial charge < -0.3 is 10.6 Å². The van der Waals surface area contributed by atoms with Gasteiger partial charge in [0.2, 0.25) is 5.91 Å². The van der Waals surface area contributed by atoms with E-state index in [1.807, 2.05) is 0 Å². The van der Waals surface area contributed by atoms with Gasteiger partial charge in [0, 0.05) is 13.6 Å². The summed E-state index contributed by atoms with van der Waals surface area (Å²) in [5.74, 6) is 0.836. The maximum absolute atomic E-state index is 11.1. The lowest BCUT2D eigenvalue weighted by Gasteiger charge is -2.10. The maximum Gasteiger partial charge on any atom is 0.224 e. The van der Waals surface area contributed by atoms with Crippen LogP contribution < -0.4 is 10.6 Å². The van der Waals surface area contributed by atoms with Crippen molar-refractivity contribution < 1.29 is 4.79 Å². The van der Waals surface area contributed by atoms with Gasteiger partial charge in [0.1, 0.15) is 0 Å². The highest BCUT2D eigenvalue weighted by molar-refractivity contribution is 5.85. The van der Waals surface area contributed by atoms with Crippen LogP contribution in [0.3, 0.4) is 0 Å². The van der Waals surface area contributed by atoms with Crippen LogP contribution in [-0.4, -0.2) is 26.0 Å². The third kappa shape index (κ3) is 2.34. The van der Waals surface area contributed by atoms with Gasteiger partial charge in [-0.15, -0.1) is 12.4 Å². The quantitative estimate of drug-likeness (QED) is 0.594. The molecule has 0 unspecified atom stereocenters. The Hall–Kier alpha value is -0.280. The molecule has 0 aromatic rings. The van der Waals surface area contributed by atoms with Crippen molar-refractivity contribution in [1.82, 2.24) is 10.6 Å². The smallest absolute Gasteiger partial charge is 0.224 e. The number of nitrogens with one attached hydrogen (secondary N) is 2. The Kier molecular flexibility index (Phi) is 4.45. The third-order valence-corrected chi connectivity index (χ3v) is 2.10. The number of hydrogen-bond acceptors (Lipinski definition) is 2. The highest BCUT2D eigenvalue weighted by Gasteiger charge is 2.28. The number of carbonyl (C=O) groups excluding carboxylic acids is 1. The molecular formula is C7H15ClN2O. The summed E-state index contributed by atoms with van der Waals surface area (Å²) < 4.78 is 0. The topological polar surface area (TPSA) is 41.1 Å². The van der Waals surface area contributed by atoms with Crippen molar-refractivity contribution in [2.24, 2.45) is 11.8 Å². The van der Waals surface area contributed by atoms with E-state index in [1.165, 1.54) is 0 Å². The fourth-order valence-corrected chi connectivity index (χ4v) is 1.35. The van der Waals surface area contributed by atoms with Gasteiger partial charge in [-0.1, -0.05) is 6.92 Å². The van der Waals surface area contributed by atoms with Crippen molar-refractivity contribution in [3.8, 4) is 0 Å². The van der Waals surface area contributed by atoms with Gasteiger partial charge in [-0.05, 0) is 12.5 Å². The zero-order valence-electron chi connectivity index (χ0n) is 6.89. The second-order valence-electron chi connectivity index (χ2n) is 2.86. The molecule has 1 aliphatic rings. The first-order valence-corrected chi connectivity index (χ1v) is 3.68. The summed E-state index contributed by atoms with van der Waals surface area (Å²) in [6.07, 6.45) is 0. The number of halogens is 1. The second kappa shape index (κ2) is 4.57. The normalized spacial score (nSPS) is 29.3. The molecule has 11 heavy (non-hydrogen) atoms. The molecule has 2 atom stereocenters. The van der Waals surface area contributed by atoms with Crippen LogP contribution >= 0.6 is 12.4 Å². The molecule has 1 saturated heterocycles. The molecule has 3 nitrogen and oxygen atoms in total. The Bertz CT molecular complexity index is 140. The van der Waals surface area contributed by atoms with E-state index in [4.69, 9.17) is 0 Å². The van der Waals surface area contributed by atoms with Crippen molar-refractivity contribution >= 4 is 18.3 Å². The van der Waals surface area contributed by atoms with E-state index in [0.717, 1.165) is 13.1 Å². The van der Waals surface area contributed by atoms with Gasteiger partial charge in [0.25, 0.3) is 0 Å². The molecule has 66 valence electrons. The average Bonchev–Trinajstić information content (AvgIpc) is 2.34. The highest BCUT2D eigenvalue weighted by atomic mass is 35.5. The molecule has 1 rings (SSSR count). The summed E-state index contributed by atoms with van der Waals surface area (Å²) in [6.45, 7) is 3.90. The summed E-state index contributed by atoms with van der Waals surface area (Å²) >= 11 is 0. The molecule has 0 aliphatic carbocycles. The van der Waals surface area contributed by atoms with Gasteiger partial charge in [0.15, 0.2) is 0 Å². The lowest BCUT2D eigenvalue weighted by atomic mass is 9.98. The van der Waals surface area contributed by atoms with Crippen LogP contribution in [0.25, 0.3) is 0 Å². The molecular weight excluding hydrogens is 164 g/mol. The van der Waals surface area contributed by atoms with E-state index in [1.54, 1.807) is 7.05 Å². The predicted molar refractivity (Wildman–Crippen MR) is 46.8 cm³/mol. The van der Waals surface area contributed by atoms with Gasteiger partial charge in [-0.2, -0.15) is 0 Å². The minimum Gasteiger partial charge on any atom is -0.359 e. The van der Waals surface area contributed by atoms with E-state index in [9.17, 15) is 4.79 Å². The fourth-order valence-electron chi connectivity index (χ4n) is 1.35. The Balaban J connectivity index is 0.000001000. The van der Waals surface area contributed by atoms with Crippen molar-refractivity contribution in [2.75, 3.05) is 20.1 Å². The number of rotatable bonds is 1. The minimum absolute atomic E-state index is 0. The van der Waals surface area contributed by atoms with Crippen molar-refractivity contribution in [3.05, 3.63) is 0 Å². The van der Waals surface area contributed by atoms with Crippen LogP contribution in [0, 0.1) is 11.8 Å². The summed E-state index contributed by atoms with van der Waals surface area (Å²) in [6, 6.07) is 0. The fraction of sp³-hybridized carbons (Fsp3) is 0.857. The van der Waals surface area contributed by atoms with Gasteiger partial charge in [-0.25, -0.2) is 0 Å². The molecule has 1 aliphatic heterocycles. The molecule has 0 aromatic heterocycles. The van der Waals surface area contributed by atoms with Gasteiger partial charge >= 0.3 is 0 Å². The largest absolute Gasteiger partial charge is 0.359 e. The van der Waals surface area contributed by atoms with Crippen LogP contribution in [0.15, 0.2) is 0 Å². The molecule has 1 heterocycles. The zero-order valence-corrected chi connectivity index (χ0v) is 7.70. The molecule has 0 bridgehead atoms. The molecule has 1 fully saturated rings. The standard InChI is InChI=1S/C7H14N2O.ClH/c1-5-3-9-4-6(5)7(10)8-2;/h5-6,9H,3-4H2,1-2H3,(H,8,10);1H/t5-,6-;/m1./s1. The number of hydrogen-bond donors (Lipinski definition) is 2. The van der Waals surface area contributed by atoms with E-state index >= 15 is 0 Å². The van der Waals surface area contributed by atoms with Crippen LogP contribution in [0.2, 0.25) is 0 Å². The summed E-state index contributed by atoms with van der Waals surface area (Å²) in [5, 5.41) is 5.83. The minimum atomic E-state index is 0. The predicted octanol–water partition coefficient (Wildman–Crippen LogP) is 0.00970. The first kappa shape index (κ1) is 10.7. The molecule has 0 spiro atoms. The molecule has 0 aromatic carbocycles. The molecule has 4 heteroatoms. The number of amides is 1. The van der Waals surface area contributed by atoms with Crippen LogP contribution in [-0.2, 0) is 4.79 Å². The summed E-state index contributed by atoms with van der Waals surface area (Å²) in [7, 11) is 1.69. The molecule has 2 N–H and O–H groups in total. The average molecular weight is 179 g/mol. The molecule has 1 amide bonds. The highest BCUT2D eigenvalue weighted by Crippen LogP contribution is 2.14. The van der Waals surface area contributed by atoms with E-state index in [2.05, 4.69) is 17.6 Å². The van der Waals surface area contributed by atoms with E-state index < -0.39 is 0 Å². The van der Waals surface area contributed by atoms with Crippen LogP contribution in [0.5, 0.6) is 0 Å².